The summed E-state index contributed by atoms with van der Waals surface area (Å²) in [6.45, 7) is 7.58. The molecule has 0 radical (unpaired) electrons. The van der Waals surface area contributed by atoms with Gasteiger partial charge in [0.15, 0.2) is 0 Å². The first kappa shape index (κ1) is 31.4. The molecule has 3 N–H and O–H groups in total. The van der Waals surface area contributed by atoms with Crippen LogP contribution in [0, 0.1) is 5.92 Å². The lowest BCUT2D eigenvalue weighted by molar-refractivity contribution is -0.123. The number of benzene rings is 2. The second kappa shape index (κ2) is 14.5. The van der Waals surface area contributed by atoms with E-state index in [2.05, 4.69) is 41.9 Å². The minimum atomic E-state index is -3.54. The minimum Gasteiger partial charge on any atom is -0.493 e. The van der Waals surface area contributed by atoms with E-state index in [9.17, 15) is 18.0 Å². The van der Waals surface area contributed by atoms with E-state index in [-0.39, 0.29) is 23.9 Å². The number of anilines is 1. The number of fused-ring (bicyclic) bond motifs is 4. The molecule has 2 aromatic carbocycles. The second-order valence-electron chi connectivity index (χ2n) is 11.0. The van der Waals surface area contributed by atoms with Crippen molar-refractivity contribution in [3.8, 4) is 5.75 Å². The van der Waals surface area contributed by atoms with Gasteiger partial charge in [-0.2, -0.15) is 0 Å². The van der Waals surface area contributed by atoms with Crippen LogP contribution >= 0.6 is 0 Å². The molecule has 1 aliphatic heterocycles. The molecule has 0 fully saturated rings. The molecule has 2 aromatic rings. The Bertz CT molecular complexity index is 1260. The zero-order chi connectivity index (χ0) is 29.3. The molecule has 220 valence electrons. The molecular weight excluding hydrogens is 528 g/mol. The van der Waals surface area contributed by atoms with Crippen LogP contribution in [0.2, 0.25) is 0 Å². The first-order chi connectivity index (χ1) is 19.0. The molecule has 0 aromatic heterocycles. The number of nitrogens with zero attached hydrogens (tertiary/aromatic N) is 1. The normalized spacial score (nSPS) is 16.9. The number of nitrogens with one attached hydrogen (secondary N) is 3. The summed E-state index contributed by atoms with van der Waals surface area (Å²) < 4.78 is 31.6. The zero-order valence-corrected chi connectivity index (χ0v) is 25.1. The van der Waals surface area contributed by atoms with Gasteiger partial charge in [0, 0.05) is 37.8 Å². The van der Waals surface area contributed by atoms with Crippen LogP contribution in [-0.4, -0.2) is 65.3 Å². The predicted octanol–water partition coefficient (Wildman–Crippen LogP) is 3.28. The number of sulfonamides is 1. The largest absolute Gasteiger partial charge is 0.493 e. The topological polar surface area (TPSA) is 117 Å². The molecule has 1 heterocycles. The Morgan fingerprint density at radius 2 is 1.93 bits per heavy atom. The van der Waals surface area contributed by atoms with Crippen LogP contribution in [0.3, 0.4) is 0 Å². The first-order valence-corrected chi connectivity index (χ1v) is 15.9. The summed E-state index contributed by atoms with van der Waals surface area (Å²) >= 11 is 0. The fraction of sp³-hybridized carbons (Fsp3) is 0.533. The van der Waals surface area contributed by atoms with Gasteiger partial charge in [-0.05, 0) is 54.9 Å². The third-order valence-electron chi connectivity index (χ3n) is 6.89. The Morgan fingerprint density at radius 3 is 2.62 bits per heavy atom. The van der Waals surface area contributed by atoms with Crippen LogP contribution in [0.4, 0.5) is 5.69 Å². The SMILES string of the molecule is CCC[C@H](NCC1Cc2cccc(c2)CCCOc2cc(cc(N(C)S(C)(=O)=O)c2)C(=O)N1)C(=O)NCC(C)C. The van der Waals surface area contributed by atoms with Crippen LogP contribution in [0.15, 0.2) is 42.5 Å². The molecule has 2 amide bonds. The van der Waals surface area contributed by atoms with Crippen LogP contribution < -0.4 is 25.0 Å². The first-order valence-electron chi connectivity index (χ1n) is 14.1. The van der Waals surface area contributed by atoms with Crippen molar-refractivity contribution in [2.75, 3.05) is 37.3 Å². The number of aryl methyl sites for hydroxylation is 1. The summed E-state index contributed by atoms with van der Waals surface area (Å²) in [7, 11) is -2.09. The number of carbonyl (C=O) groups excluding carboxylic acids is 2. The van der Waals surface area contributed by atoms with Crippen molar-refractivity contribution in [2.45, 2.75) is 65.0 Å². The van der Waals surface area contributed by atoms with Crippen molar-refractivity contribution in [3.63, 3.8) is 0 Å². The maximum absolute atomic E-state index is 13.5. The van der Waals surface area contributed by atoms with E-state index in [1.54, 1.807) is 18.2 Å². The lowest BCUT2D eigenvalue weighted by Gasteiger charge is -2.25. The Labute approximate surface area is 239 Å². The van der Waals surface area contributed by atoms with Gasteiger partial charge in [0.1, 0.15) is 5.75 Å². The van der Waals surface area contributed by atoms with Crippen LogP contribution in [0.5, 0.6) is 5.75 Å². The highest BCUT2D eigenvalue weighted by atomic mass is 32.2. The number of ether oxygens (including phenoxy) is 1. The summed E-state index contributed by atoms with van der Waals surface area (Å²) in [5.41, 5.74) is 2.92. The van der Waals surface area contributed by atoms with E-state index in [4.69, 9.17) is 4.74 Å². The number of hydrogen-bond donors (Lipinski definition) is 3. The molecule has 3 rings (SSSR count). The molecule has 0 spiro atoms. The third-order valence-corrected chi connectivity index (χ3v) is 8.10. The molecular formula is C30H44N4O5S. The molecule has 1 unspecified atom stereocenters. The Morgan fingerprint density at radius 1 is 1.18 bits per heavy atom. The van der Waals surface area contributed by atoms with Gasteiger partial charge in [0.05, 0.1) is 24.6 Å². The van der Waals surface area contributed by atoms with Crippen molar-refractivity contribution < 1.29 is 22.7 Å². The van der Waals surface area contributed by atoms with Gasteiger partial charge in [-0.1, -0.05) is 51.5 Å². The lowest BCUT2D eigenvalue weighted by atomic mass is 10.00. The fourth-order valence-corrected chi connectivity index (χ4v) is 5.09. The van der Waals surface area contributed by atoms with Gasteiger partial charge in [-0.3, -0.25) is 13.9 Å². The van der Waals surface area contributed by atoms with Crippen molar-refractivity contribution >= 4 is 27.5 Å². The molecule has 9 nitrogen and oxygen atoms in total. The average Bonchev–Trinajstić information content (AvgIpc) is 2.90. The summed E-state index contributed by atoms with van der Waals surface area (Å²) in [6, 6.07) is 12.5. The lowest BCUT2D eigenvalue weighted by Crippen LogP contribution is -2.51. The number of rotatable bonds is 10. The Hall–Kier alpha value is -3.11. The highest BCUT2D eigenvalue weighted by Gasteiger charge is 2.23. The summed E-state index contributed by atoms with van der Waals surface area (Å²) in [4.78, 5) is 26.4. The van der Waals surface area contributed by atoms with E-state index in [0.29, 0.717) is 55.5 Å². The van der Waals surface area contributed by atoms with Gasteiger partial charge >= 0.3 is 0 Å². The summed E-state index contributed by atoms with van der Waals surface area (Å²) in [5, 5.41) is 9.53. The maximum Gasteiger partial charge on any atom is 0.251 e. The van der Waals surface area contributed by atoms with E-state index in [0.717, 1.165) is 35.4 Å². The Balaban J connectivity index is 1.90. The molecule has 4 bridgehead atoms. The third kappa shape index (κ3) is 9.52. The zero-order valence-electron chi connectivity index (χ0n) is 24.3. The van der Waals surface area contributed by atoms with E-state index in [1.807, 2.05) is 19.1 Å². The van der Waals surface area contributed by atoms with Crippen LogP contribution in [0.25, 0.3) is 0 Å². The standard InChI is InChI=1S/C30H44N4O5S/c1-6-9-28(30(36)32-19-21(2)3)31-20-25-15-23-11-7-10-22(14-23)12-8-13-39-27-17-24(29(35)33-25)16-26(18-27)34(4)40(5,37)38/h7,10-11,14,16-18,21,25,28,31H,6,8-9,12-13,15,19-20H2,1-5H3,(H,32,36)(H,33,35)/t25?,28-/m0/s1. The van der Waals surface area contributed by atoms with Gasteiger partial charge in [-0.25, -0.2) is 8.42 Å². The second-order valence-corrected chi connectivity index (χ2v) is 13.0. The average molecular weight is 573 g/mol. The van der Waals surface area contributed by atoms with E-state index >= 15 is 0 Å². The quantitative estimate of drug-likeness (QED) is 0.402. The molecule has 2 atom stereocenters. The molecule has 0 aliphatic carbocycles. The van der Waals surface area contributed by atoms with Crippen LogP contribution in [-0.2, 0) is 27.7 Å². The van der Waals surface area contributed by atoms with Gasteiger partial charge in [0.2, 0.25) is 15.9 Å². The van der Waals surface area contributed by atoms with E-state index in [1.165, 1.54) is 12.6 Å². The van der Waals surface area contributed by atoms with Gasteiger partial charge in [-0.15, -0.1) is 0 Å². The molecule has 1 aliphatic rings. The number of amides is 2. The predicted molar refractivity (Wildman–Crippen MR) is 159 cm³/mol. The van der Waals surface area contributed by atoms with Crippen LogP contribution in [0.1, 0.15) is 61.5 Å². The number of hydrogen-bond acceptors (Lipinski definition) is 6. The molecule has 10 heteroatoms. The smallest absolute Gasteiger partial charge is 0.251 e. The Kier molecular flexibility index (Phi) is 11.4. The summed E-state index contributed by atoms with van der Waals surface area (Å²) in [5.74, 6) is 0.403. The van der Waals surface area contributed by atoms with Crippen molar-refractivity contribution in [1.82, 2.24) is 16.0 Å². The van der Waals surface area contributed by atoms with Crippen molar-refractivity contribution in [3.05, 3.63) is 59.2 Å². The summed E-state index contributed by atoms with van der Waals surface area (Å²) in [6.07, 6.45) is 4.81. The van der Waals surface area contributed by atoms with E-state index < -0.39 is 10.0 Å². The molecule has 0 saturated heterocycles. The fourth-order valence-electron chi connectivity index (χ4n) is 4.60. The highest BCUT2D eigenvalue weighted by molar-refractivity contribution is 7.92. The molecule has 40 heavy (non-hydrogen) atoms. The van der Waals surface area contributed by atoms with Crippen molar-refractivity contribution in [1.29, 1.82) is 0 Å². The highest BCUT2D eigenvalue weighted by Crippen LogP contribution is 2.26. The number of carbonyl (C=O) groups is 2. The minimum absolute atomic E-state index is 0.0388. The monoisotopic (exact) mass is 572 g/mol. The van der Waals surface area contributed by atoms with Crippen molar-refractivity contribution in [2.24, 2.45) is 5.92 Å². The van der Waals surface area contributed by atoms with Gasteiger partial charge < -0.3 is 20.7 Å². The van der Waals surface area contributed by atoms with Gasteiger partial charge in [0.25, 0.3) is 5.91 Å². The maximum atomic E-state index is 13.5. The molecule has 0 saturated carbocycles.